The van der Waals surface area contributed by atoms with Crippen molar-refractivity contribution in [2.24, 2.45) is 0 Å². The lowest BCUT2D eigenvalue weighted by atomic mass is 10.1. The monoisotopic (exact) mass is 427 g/mol. The van der Waals surface area contributed by atoms with Crippen molar-refractivity contribution in [3.63, 3.8) is 0 Å². The number of methoxy groups -OCH3 is 2. The molecule has 1 atom stereocenters. The highest BCUT2D eigenvalue weighted by atomic mass is 35.5. The van der Waals surface area contributed by atoms with Crippen molar-refractivity contribution in [3.05, 3.63) is 58.9 Å². The van der Waals surface area contributed by atoms with Crippen molar-refractivity contribution in [1.29, 1.82) is 0 Å². The number of halogens is 1. The molecule has 0 bridgehead atoms. The summed E-state index contributed by atoms with van der Waals surface area (Å²) in [5.41, 5.74) is 1.85. The topological polar surface area (TPSA) is 77.7 Å². The molecule has 0 N–H and O–H groups in total. The number of ether oxygens (including phenoxy) is 2. The van der Waals surface area contributed by atoms with Gasteiger partial charge >= 0.3 is 0 Å². The average molecular weight is 428 g/mol. The van der Waals surface area contributed by atoms with Gasteiger partial charge in [0.25, 0.3) is 5.89 Å². The number of aromatic nitrogens is 2. The largest absolute Gasteiger partial charge is 0.497 e. The van der Waals surface area contributed by atoms with Crippen LogP contribution in [0.25, 0.3) is 11.5 Å². The number of likely N-dealkylation sites (tertiary alicyclic amines) is 1. The lowest BCUT2D eigenvalue weighted by Crippen LogP contribution is -2.27. The Morgan fingerprint density at radius 3 is 2.50 bits per heavy atom. The predicted octanol–water partition coefficient (Wildman–Crippen LogP) is 3.97. The van der Waals surface area contributed by atoms with Gasteiger partial charge in [-0.25, -0.2) is 0 Å². The summed E-state index contributed by atoms with van der Waals surface area (Å²) in [5, 5.41) is 4.83. The molecule has 1 fully saturated rings. The SMILES string of the molecule is COc1cc(OC)cc(-c2nc(C3CC(=O)N(CCc4ccc(Cl)cc4)C3)no2)c1. The fourth-order valence-electron chi connectivity index (χ4n) is 3.53. The van der Waals surface area contributed by atoms with Gasteiger partial charge in [-0.15, -0.1) is 0 Å². The van der Waals surface area contributed by atoms with Gasteiger partial charge in [-0.2, -0.15) is 4.98 Å². The van der Waals surface area contributed by atoms with E-state index in [0.717, 1.165) is 12.0 Å². The molecule has 1 amide bonds. The molecule has 1 aromatic heterocycles. The van der Waals surface area contributed by atoms with Crippen LogP contribution in [0.4, 0.5) is 0 Å². The van der Waals surface area contributed by atoms with Crippen LogP contribution in [0.15, 0.2) is 47.0 Å². The third-order valence-corrected chi connectivity index (χ3v) is 5.46. The van der Waals surface area contributed by atoms with Crippen molar-refractivity contribution in [1.82, 2.24) is 15.0 Å². The number of carbonyl (C=O) groups is 1. The number of nitrogens with zero attached hydrogens (tertiary/aromatic N) is 3. The van der Waals surface area contributed by atoms with E-state index >= 15 is 0 Å². The molecular formula is C22H22ClN3O4. The Morgan fingerprint density at radius 2 is 1.83 bits per heavy atom. The summed E-state index contributed by atoms with van der Waals surface area (Å²) in [6, 6.07) is 13.1. The van der Waals surface area contributed by atoms with Crippen LogP contribution >= 0.6 is 11.6 Å². The smallest absolute Gasteiger partial charge is 0.258 e. The highest BCUT2D eigenvalue weighted by Crippen LogP contribution is 2.31. The van der Waals surface area contributed by atoms with Gasteiger partial charge in [-0.05, 0) is 36.2 Å². The fourth-order valence-corrected chi connectivity index (χ4v) is 3.65. The molecule has 0 spiro atoms. The second-order valence-electron chi connectivity index (χ2n) is 7.18. The molecule has 1 unspecified atom stereocenters. The van der Waals surface area contributed by atoms with Crippen LogP contribution in [0.5, 0.6) is 11.5 Å². The van der Waals surface area contributed by atoms with Crippen LogP contribution in [0.2, 0.25) is 5.02 Å². The minimum Gasteiger partial charge on any atom is -0.497 e. The predicted molar refractivity (Wildman–Crippen MR) is 112 cm³/mol. The van der Waals surface area contributed by atoms with Crippen molar-refractivity contribution in [2.45, 2.75) is 18.8 Å². The normalized spacial score (nSPS) is 16.2. The zero-order valence-electron chi connectivity index (χ0n) is 16.8. The molecule has 0 saturated carbocycles. The van der Waals surface area contributed by atoms with E-state index in [-0.39, 0.29) is 11.8 Å². The van der Waals surface area contributed by atoms with Gasteiger partial charge in [0, 0.05) is 42.1 Å². The van der Waals surface area contributed by atoms with Gasteiger partial charge in [0.15, 0.2) is 5.82 Å². The van der Waals surface area contributed by atoms with Gasteiger partial charge < -0.3 is 18.9 Å². The molecule has 2 heterocycles. The highest BCUT2D eigenvalue weighted by Gasteiger charge is 2.33. The van der Waals surface area contributed by atoms with Crippen LogP contribution in [0.1, 0.15) is 23.7 Å². The number of rotatable bonds is 7. The van der Waals surface area contributed by atoms with E-state index in [1.807, 2.05) is 29.2 Å². The summed E-state index contributed by atoms with van der Waals surface area (Å²) in [5.74, 6) is 2.18. The number of carbonyl (C=O) groups excluding carboxylic acids is 1. The Labute approximate surface area is 179 Å². The maximum Gasteiger partial charge on any atom is 0.258 e. The summed E-state index contributed by atoms with van der Waals surface area (Å²) in [6.07, 6.45) is 1.15. The summed E-state index contributed by atoms with van der Waals surface area (Å²) in [4.78, 5) is 18.8. The van der Waals surface area contributed by atoms with E-state index in [9.17, 15) is 4.79 Å². The van der Waals surface area contributed by atoms with E-state index in [1.54, 1.807) is 32.4 Å². The minimum absolute atomic E-state index is 0.0901. The molecule has 2 aromatic carbocycles. The zero-order chi connectivity index (χ0) is 21.1. The Kier molecular flexibility index (Phi) is 5.90. The van der Waals surface area contributed by atoms with Crippen LogP contribution in [0, 0.1) is 0 Å². The summed E-state index contributed by atoms with van der Waals surface area (Å²) >= 11 is 5.93. The van der Waals surface area contributed by atoms with E-state index in [1.165, 1.54) is 0 Å². The molecule has 7 nitrogen and oxygen atoms in total. The van der Waals surface area contributed by atoms with E-state index in [2.05, 4.69) is 10.1 Å². The third-order valence-electron chi connectivity index (χ3n) is 5.20. The van der Waals surface area contributed by atoms with Gasteiger partial charge in [0.2, 0.25) is 5.91 Å². The van der Waals surface area contributed by atoms with E-state index < -0.39 is 0 Å². The van der Waals surface area contributed by atoms with Crippen molar-refractivity contribution in [3.8, 4) is 23.0 Å². The van der Waals surface area contributed by atoms with Crippen molar-refractivity contribution >= 4 is 17.5 Å². The lowest BCUT2D eigenvalue weighted by molar-refractivity contribution is -0.127. The second-order valence-corrected chi connectivity index (χ2v) is 7.61. The molecule has 1 aliphatic heterocycles. The first-order valence-electron chi connectivity index (χ1n) is 9.65. The third kappa shape index (κ3) is 4.41. The van der Waals surface area contributed by atoms with E-state index in [4.69, 9.17) is 25.6 Å². The van der Waals surface area contributed by atoms with Gasteiger partial charge in [-0.1, -0.05) is 28.9 Å². The summed E-state index contributed by atoms with van der Waals surface area (Å²) in [7, 11) is 3.17. The molecule has 1 aliphatic rings. The molecular weight excluding hydrogens is 406 g/mol. The standard InChI is InChI=1S/C22H22ClN3O4/c1-28-18-9-15(10-19(12-18)29-2)22-24-21(25-30-22)16-11-20(27)26(13-16)8-7-14-3-5-17(23)6-4-14/h3-6,9-10,12,16H,7-8,11,13H2,1-2H3. The molecule has 8 heteroatoms. The molecule has 156 valence electrons. The number of hydrogen-bond acceptors (Lipinski definition) is 6. The first kappa shape index (κ1) is 20.2. The zero-order valence-corrected chi connectivity index (χ0v) is 17.6. The van der Waals surface area contributed by atoms with E-state index in [0.29, 0.717) is 53.3 Å². The number of hydrogen-bond donors (Lipinski definition) is 0. The van der Waals surface area contributed by atoms with Gasteiger partial charge in [-0.3, -0.25) is 4.79 Å². The summed E-state index contributed by atoms with van der Waals surface area (Å²) < 4.78 is 16.0. The molecule has 0 aliphatic carbocycles. The lowest BCUT2D eigenvalue weighted by Gasteiger charge is -2.15. The highest BCUT2D eigenvalue weighted by molar-refractivity contribution is 6.30. The quantitative estimate of drug-likeness (QED) is 0.567. The maximum absolute atomic E-state index is 12.5. The van der Waals surface area contributed by atoms with Crippen molar-refractivity contribution < 1.29 is 18.8 Å². The summed E-state index contributed by atoms with van der Waals surface area (Å²) in [6.45, 7) is 1.22. The molecule has 0 radical (unpaired) electrons. The van der Waals surface area contributed by atoms with Crippen LogP contribution in [-0.4, -0.2) is 48.3 Å². The van der Waals surface area contributed by atoms with Gasteiger partial charge in [0.1, 0.15) is 11.5 Å². The Hall–Kier alpha value is -3.06. The maximum atomic E-state index is 12.5. The Morgan fingerprint density at radius 1 is 1.13 bits per heavy atom. The van der Waals surface area contributed by atoms with Gasteiger partial charge in [0.05, 0.1) is 14.2 Å². The molecule has 1 saturated heterocycles. The average Bonchev–Trinajstić information content (AvgIpc) is 3.40. The van der Waals surface area contributed by atoms with Crippen LogP contribution in [-0.2, 0) is 11.2 Å². The molecule has 3 aromatic rings. The number of amides is 1. The minimum atomic E-state index is -0.0901. The first-order chi connectivity index (χ1) is 14.6. The van der Waals surface area contributed by atoms with Crippen LogP contribution in [0.3, 0.4) is 0 Å². The number of benzene rings is 2. The molecule has 4 rings (SSSR count). The fraction of sp³-hybridized carbons (Fsp3) is 0.318. The van der Waals surface area contributed by atoms with Crippen molar-refractivity contribution in [2.75, 3.05) is 27.3 Å². The second kappa shape index (κ2) is 8.75. The Balaban J connectivity index is 1.44. The Bertz CT molecular complexity index is 1010. The molecule has 30 heavy (non-hydrogen) atoms. The van der Waals surface area contributed by atoms with Crippen LogP contribution < -0.4 is 9.47 Å². The first-order valence-corrected chi connectivity index (χ1v) is 10.0.